The van der Waals surface area contributed by atoms with Crippen LogP contribution in [0.1, 0.15) is 45.9 Å². The van der Waals surface area contributed by atoms with Crippen LogP contribution in [0.15, 0.2) is 53.1 Å². The van der Waals surface area contributed by atoms with Crippen molar-refractivity contribution in [1.29, 1.82) is 0 Å². The van der Waals surface area contributed by atoms with Crippen molar-refractivity contribution in [2.45, 2.75) is 33.4 Å². The minimum Gasteiger partial charge on any atom is -0.489 e. The highest BCUT2D eigenvalue weighted by Crippen LogP contribution is 2.24. The molecule has 146 valence electrons. The third-order valence-electron chi connectivity index (χ3n) is 4.90. The first-order valence-corrected chi connectivity index (χ1v) is 9.42. The molecule has 3 rings (SSSR count). The molecule has 6 heteroatoms. The summed E-state index contributed by atoms with van der Waals surface area (Å²) in [7, 11) is 1.79. The van der Waals surface area contributed by atoms with Gasteiger partial charge in [-0.25, -0.2) is 0 Å². The van der Waals surface area contributed by atoms with Crippen LogP contribution in [0.2, 0.25) is 5.02 Å². The third kappa shape index (κ3) is 4.37. The van der Waals surface area contributed by atoms with Gasteiger partial charge in [0.25, 0.3) is 5.91 Å². The Morgan fingerprint density at radius 2 is 1.93 bits per heavy atom. The molecule has 2 aromatic carbocycles. The quantitative estimate of drug-likeness (QED) is 0.561. The number of nitrogens with zero attached hydrogens (tertiary/aromatic N) is 2. The zero-order valence-electron chi connectivity index (χ0n) is 16.4. The van der Waals surface area contributed by atoms with Crippen LogP contribution < -0.4 is 4.74 Å². The fourth-order valence-electron chi connectivity index (χ4n) is 2.93. The van der Waals surface area contributed by atoms with Gasteiger partial charge >= 0.3 is 0 Å². The van der Waals surface area contributed by atoms with Gasteiger partial charge in [-0.1, -0.05) is 35.0 Å². The standard InChI is InChI=1S/C22H23ClN2O3/c1-14-21(16(3)28-24-14)13-27-20-7-5-6-18(12-20)22(26)25(4)15(2)17-8-10-19(23)11-9-17/h5-12,15H,13H2,1-4H3. The zero-order chi connectivity index (χ0) is 20.3. The molecule has 0 spiro atoms. The van der Waals surface area contributed by atoms with Gasteiger partial charge in [0, 0.05) is 17.6 Å². The number of halogens is 1. The second kappa shape index (κ2) is 8.48. The molecule has 1 aromatic heterocycles. The van der Waals surface area contributed by atoms with E-state index in [1.54, 1.807) is 24.1 Å². The summed E-state index contributed by atoms with van der Waals surface area (Å²) in [5.74, 6) is 1.28. The number of carbonyl (C=O) groups excluding carboxylic acids is 1. The van der Waals surface area contributed by atoms with Crippen molar-refractivity contribution in [2.75, 3.05) is 7.05 Å². The molecule has 0 aliphatic rings. The van der Waals surface area contributed by atoms with Crippen molar-refractivity contribution < 1.29 is 14.1 Å². The Hall–Kier alpha value is -2.79. The summed E-state index contributed by atoms with van der Waals surface area (Å²) in [5.41, 5.74) is 3.32. The number of ether oxygens (including phenoxy) is 1. The number of amides is 1. The molecule has 0 aliphatic heterocycles. The van der Waals surface area contributed by atoms with Crippen LogP contribution in [0.4, 0.5) is 0 Å². The SMILES string of the molecule is Cc1noc(C)c1COc1cccc(C(=O)N(C)C(C)c2ccc(Cl)cc2)c1. The van der Waals surface area contributed by atoms with Gasteiger partial charge in [-0.05, 0) is 56.7 Å². The molecule has 0 radical (unpaired) electrons. The van der Waals surface area contributed by atoms with Gasteiger partial charge in [0.2, 0.25) is 0 Å². The summed E-state index contributed by atoms with van der Waals surface area (Å²) in [6.45, 7) is 6.06. The van der Waals surface area contributed by atoms with Gasteiger partial charge in [-0.2, -0.15) is 0 Å². The summed E-state index contributed by atoms with van der Waals surface area (Å²) >= 11 is 5.95. The van der Waals surface area contributed by atoms with Crippen LogP contribution in [0.25, 0.3) is 0 Å². The lowest BCUT2D eigenvalue weighted by Gasteiger charge is -2.25. The highest BCUT2D eigenvalue weighted by atomic mass is 35.5. The van der Waals surface area contributed by atoms with Crippen LogP contribution in [-0.4, -0.2) is 23.0 Å². The van der Waals surface area contributed by atoms with Crippen molar-refractivity contribution in [1.82, 2.24) is 10.1 Å². The molecule has 3 aromatic rings. The van der Waals surface area contributed by atoms with E-state index in [0.717, 1.165) is 22.6 Å². The fourth-order valence-corrected chi connectivity index (χ4v) is 3.05. The number of carbonyl (C=O) groups is 1. The van der Waals surface area contributed by atoms with Gasteiger partial charge in [-0.3, -0.25) is 4.79 Å². The Bertz CT molecular complexity index is 947. The highest BCUT2D eigenvalue weighted by Gasteiger charge is 2.19. The number of hydrogen-bond donors (Lipinski definition) is 0. The molecule has 0 fully saturated rings. The van der Waals surface area contributed by atoms with Crippen LogP contribution in [0.3, 0.4) is 0 Å². The molecule has 0 bridgehead atoms. The lowest BCUT2D eigenvalue weighted by molar-refractivity contribution is 0.0742. The van der Waals surface area contributed by atoms with Crippen LogP contribution in [0, 0.1) is 13.8 Å². The van der Waals surface area contributed by atoms with E-state index < -0.39 is 0 Å². The Morgan fingerprint density at radius 1 is 1.21 bits per heavy atom. The molecule has 28 heavy (non-hydrogen) atoms. The third-order valence-corrected chi connectivity index (χ3v) is 5.15. The second-order valence-corrected chi connectivity index (χ2v) is 7.20. The largest absolute Gasteiger partial charge is 0.489 e. The van der Waals surface area contributed by atoms with Gasteiger partial charge < -0.3 is 14.2 Å². The minimum absolute atomic E-state index is 0.0785. The molecule has 1 unspecified atom stereocenters. The Labute approximate surface area is 169 Å². The molecule has 0 N–H and O–H groups in total. The summed E-state index contributed by atoms with van der Waals surface area (Å²) in [6.07, 6.45) is 0. The average molecular weight is 399 g/mol. The maximum Gasteiger partial charge on any atom is 0.254 e. The lowest BCUT2D eigenvalue weighted by atomic mass is 10.1. The molecule has 1 heterocycles. The predicted octanol–water partition coefficient (Wildman–Crippen LogP) is 5.36. The molecular formula is C22H23ClN2O3. The van der Waals surface area contributed by atoms with Crippen molar-refractivity contribution in [3.8, 4) is 5.75 Å². The van der Waals surface area contributed by atoms with Crippen molar-refractivity contribution >= 4 is 17.5 Å². The first-order valence-electron chi connectivity index (χ1n) is 9.04. The number of aromatic nitrogens is 1. The number of aryl methyl sites for hydroxylation is 2. The monoisotopic (exact) mass is 398 g/mol. The Balaban J connectivity index is 1.71. The maximum atomic E-state index is 12.9. The van der Waals surface area contributed by atoms with E-state index in [1.165, 1.54) is 0 Å². The van der Waals surface area contributed by atoms with Gasteiger partial charge in [0.15, 0.2) is 0 Å². The minimum atomic E-state index is -0.0864. The second-order valence-electron chi connectivity index (χ2n) is 6.76. The first kappa shape index (κ1) is 20.0. The smallest absolute Gasteiger partial charge is 0.254 e. The zero-order valence-corrected chi connectivity index (χ0v) is 17.2. The Morgan fingerprint density at radius 3 is 2.57 bits per heavy atom. The first-order chi connectivity index (χ1) is 13.4. The maximum absolute atomic E-state index is 12.9. The normalized spacial score (nSPS) is 11.9. The number of benzene rings is 2. The van der Waals surface area contributed by atoms with E-state index in [4.69, 9.17) is 20.9 Å². The lowest BCUT2D eigenvalue weighted by Crippen LogP contribution is -2.29. The molecule has 0 aliphatic carbocycles. The van der Waals surface area contributed by atoms with Crippen LogP contribution in [-0.2, 0) is 6.61 Å². The predicted molar refractivity (Wildman–Crippen MR) is 109 cm³/mol. The van der Waals surface area contributed by atoms with E-state index >= 15 is 0 Å². The van der Waals surface area contributed by atoms with Gasteiger partial charge in [0.1, 0.15) is 18.1 Å². The van der Waals surface area contributed by atoms with E-state index in [1.807, 2.05) is 57.2 Å². The van der Waals surface area contributed by atoms with E-state index in [2.05, 4.69) is 5.16 Å². The average Bonchev–Trinajstić information content (AvgIpc) is 3.03. The van der Waals surface area contributed by atoms with E-state index in [0.29, 0.717) is 22.9 Å². The summed E-state index contributed by atoms with van der Waals surface area (Å²) in [5, 5.41) is 4.60. The number of hydrogen-bond acceptors (Lipinski definition) is 4. The fraction of sp³-hybridized carbons (Fsp3) is 0.273. The molecule has 0 saturated carbocycles. The topological polar surface area (TPSA) is 55.6 Å². The van der Waals surface area contributed by atoms with Crippen molar-refractivity contribution in [3.63, 3.8) is 0 Å². The summed E-state index contributed by atoms with van der Waals surface area (Å²) in [6, 6.07) is 14.6. The summed E-state index contributed by atoms with van der Waals surface area (Å²) < 4.78 is 11.0. The van der Waals surface area contributed by atoms with Gasteiger partial charge in [0.05, 0.1) is 17.3 Å². The van der Waals surface area contributed by atoms with Crippen molar-refractivity contribution in [2.24, 2.45) is 0 Å². The van der Waals surface area contributed by atoms with Crippen LogP contribution >= 0.6 is 11.6 Å². The molecule has 1 amide bonds. The van der Waals surface area contributed by atoms with Gasteiger partial charge in [-0.15, -0.1) is 0 Å². The van der Waals surface area contributed by atoms with E-state index in [9.17, 15) is 4.79 Å². The molecule has 5 nitrogen and oxygen atoms in total. The van der Waals surface area contributed by atoms with Crippen molar-refractivity contribution in [3.05, 3.63) is 81.7 Å². The Kier molecular flexibility index (Phi) is 6.05. The molecule has 0 saturated heterocycles. The van der Waals surface area contributed by atoms with Crippen LogP contribution in [0.5, 0.6) is 5.75 Å². The highest BCUT2D eigenvalue weighted by molar-refractivity contribution is 6.30. The van der Waals surface area contributed by atoms with E-state index in [-0.39, 0.29) is 11.9 Å². The molecule has 1 atom stereocenters. The summed E-state index contributed by atoms with van der Waals surface area (Å²) in [4.78, 5) is 14.6. The number of rotatable bonds is 6. The molecular weight excluding hydrogens is 376 g/mol.